The van der Waals surface area contributed by atoms with E-state index in [1.54, 1.807) is 18.5 Å². The predicted octanol–water partition coefficient (Wildman–Crippen LogP) is 4.41. The summed E-state index contributed by atoms with van der Waals surface area (Å²) in [6, 6.07) is 11.1. The minimum Gasteiger partial charge on any atom is -0.474 e. The number of benzene rings is 1. The summed E-state index contributed by atoms with van der Waals surface area (Å²) < 4.78 is 20.6. The summed E-state index contributed by atoms with van der Waals surface area (Å²) in [7, 11) is 0. The minimum atomic E-state index is -0.352. The molecular formula is C20H17FN4O. The predicted molar refractivity (Wildman–Crippen MR) is 97.8 cm³/mol. The molecule has 0 aliphatic rings. The molecule has 4 rings (SSSR count). The maximum absolute atomic E-state index is 13.1. The van der Waals surface area contributed by atoms with Crippen LogP contribution in [-0.4, -0.2) is 25.6 Å². The highest BCUT2D eigenvalue weighted by Gasteiger charge is 2.09. The molecule has 130 valence electrons. The Bertz CT molecular complexity index is 1060. The van der Waals surface area contributed by atoms with Crippen LogP contribution in [0.3, 0.4) is 0 Å². The number of fused-ring (bicyclic) bond motifs is 1. The van der Waals surface area contributed by atoms with Gasteiger partial charge in [-0.15, -0.1) is 0 Å². The van der Waals surface area contributed by atoms with Gasteiger partial charge in [-0.3, -0.25) is 4.98 Å². The maximum atomic E-state index is 13.1. The number of aromatic nitrogens is 4. The number of hydrogen-bond acceptors (Lipinski definition) is 4. The fraction of sp³-hybridized carbons (Fsp3) is 0.150. The van der Waals surface area contributed by atoms with Crippen LogP contribution in [0.1, 0.15) is 13.8 Å². The molecule has 0 N–H and O–H groups in total. The highest BCUT2D eigenvalue weighted by molar-refractivity contribution is 5.86. The van der Waals surface area contributed by atoms with Crippen molar-refractivity contribution < 1.29 is 9.13 Å². The van der Waals surface area contributed by atoms with Crippen LogP contribution in [0.25, 0.3) is 28.0 Å². The van der Waals surface area contributed by atoms with Crippen LogP contribution >= 0.6 is 0 Å². The Morgan fingerprint density at radius 3 is 2.69 bits per heavy atom. The number of pyridine rings is 1. The van der Waals surface area contributed by atoms with Gasteiger partial charge in [0.05, 0.1) is 35.9 Å². The van der Waals surface area contributed by atoms with Gasteiger partial charge < -0.3 is 9.30 Å². The minimum absolute atomic E-state index is 0.0410. The highest BCUT2D eigenvalue weighted by atomic mass is 19.1. The normalized spacial score (nSPS) is 11.2. The van der Waals surface area contributed by atoms with Gasteiger partial charge in [-0.25, -0.2) is 14.4 Å². The summed E-state index contributed by atoms with van der Waals surface area (Å²) in [6.07, 6.45) is 6.49. The molecule has 0 radical (unpaired) electrons. The van der Waals surface area contributed by atoms with E-state index < -0.39 is 0 Å². The fourth-order valence-electron chi connectivity index (χ4n) is 2.80. The zero-order valence-electron chi connectivity index (χ0n) is 14.4. The van der Waals surface area contributed by atoms with Crippen molar-refractivity contribution in [2.75, 3.05) is 0 Å². The molecule has 5 nitrogen and oxygen atoms in total. The first-order valence-electron chi connectivity index (χ1n) is 8.32. The van der Waals surface area contributed by atoms with Gasteiger partial charge >= 0.3 is 0 Å². The Labute approximate surface area is 150 Å². The zero-order valence-corrected chi connectivity index (χ0v) is 14.4. The number of rotatable bonds is 4. The summed E-state index contributed by atoms with van der Waals surface area (Å²) in [4.78, 5) is 12.9. The topological polar surface area (TPSA) is 52.8 Å². The molecular weight excluding hydrogens is 331 g/mol. The van der Waals surface area contributed by atoms with Crippen LogP contribution < -0.4 is 4.74 Å². The summed E-state index contributed by atoms with van der Waals surface area (Å²) >= 11 is 0. The lowest BCUT2D eigenvalue weighted by Gasteiger charge is -2.09. The second-order valence-electron chi connectivity index (χ2n) is 6.20. The molecule has 0 fully saturated rings. The molecule has 0 saturated heterocycles. The third-order valence-corrected chi connectivity index (χ3v) is 3.91. The third kappa shape index (κ3) is 3.13. The van der Waals surface area contributed by atoms with Crippen LogP contribution in [0.2, 0.25) is 0 Å². The Kier molecular flexibility index (Phi) is 4.08. The fourth-order valence-corrected chi connectivity index (χ4v) is 2.80. The molecule has 6 heteroatoms. The number of nitrogens with zero attached hydrogens (tertiary/aromatic N) is 4. The van der Waals surface area contributed by atoms with Gasteiger partial charge in [0.25, 0.3) is 0 Å². The van der Waals surface area contributed by atoms with Crippen molar-refractivity contribution in [1.29, 1.82) is 0 Å². The second-order valence-corrected chi connectivity index (χ2v) is 6.20. The van der Waals surface area contributed by atoms with Gasteiger partial charge in [0.2, 0.25) is 5.88 Å². The molecule has 1 aromatic carbocycles. The molecule has 3 aromatic heterocycles. The van der Waals surface area contributed by atoms with Crippen molar-refractivity contribution in [1.82, 2.24) is 19.5 Å². The van der Waals surface area contributed by atoms with Crippen molar-refractivity contribution in [3.8, 4) is 23.0 Å². The number of hydrogen-bond donors (Lipinski definition) is 0. The van der Waals surface area contributed by atoms with Gasteiger partial charge in [0.1, 0.15) is 11.6 Å². The van der Waals surface area contributed by atoms with Gasteiger partial charge in [-0.2, -0.15) is 0 Å². The van der Waals surface area contributed by atoms with Crippen molar-refractivity contribution in [3.05, 3.63) is 67.0 Å². The van der Waals surface area contributed by atoms with E-state index >= 15 is 0 Å². The van der Waals surface area contributed by atoms with E-state index in [4.69, 9.17) is 4.74 Å². The van der Waals surface area contributed by atoms with Gasteiger partial charge in [0.15, 0.2) is 0 Å². The van der Waals surface area contributed by atoms with Crippen LogP contribution in [-0.2, 0) is 0 Å². The van der Waals surface area contributed by atoms with Crippen LogP contribution in [0, 0.1) is 5.82 Å². The molecule has 0 atom stereocenters. The van der Waals surface area contributed by atoms with Crippen molar-refractivity contribution in [2.24, 2.45) is 0 Å². The Hall–Kier alpha value is -3.28. The van der Waals surface area contributed by atoms with Crippen LogP contribution in [0.5, 0.6) is 5.88 Å². The monoisotopic (exact) mass is 348 g/mol. The Morgan fingerprint density at radius 1 is 1.04 bits per heavy atom. The van der Waals surface area contributed by atoms with E-state index in [9.17, 15) is 4.39 Å². The smallest absolute Gasteiger partial charge is 0.233 e. The Morgan fingerprint density at radius 2 is 1.92 bits per heavy atom. The van der Waals surface area contributed by atoms with E-state index in [0.717, 1.165) is 22.2 Å². The molecule has 0 aliphatic carbocycles. The standard InChI is InChI=1S/C20H17FN4O/c1-13(2)26-20-12-22-11-17(24-20)14-3-5-18-15(9-14)7-8-25(18)19-6-4-16(21)10-23-19/h3-13H,1-2H3. The third-order valence-electron chi connectivity index (χ3n) is 3.91. The van der Waals surface area contributed by atoms with Crippen LogP contribution in [0.4, 0.5) is 4.39 Å². The average molecular weight is 348 g/mol. The summed E-state index contributed by atoms with van der Waals surface area (Å²) in [5, 5.41) is 1.03. The molecule has 3 heterocycles. The first-order chi connectivity index (χ1) is 12.6. The van der Waals surface area contributed by atoms with E-state index in [1.165, 1.54) is 12.3 Å². The van der Waals surface area contributed by atoms with Crippen molar-refractivity contribution in [3.63, 3.8) is 0 Å². The maximum Gasteiger partial charge on any atom is 0.233 e. The summed E-state index contributed by atoms with van der Waals surface area (Å²) in [6.45, 7) is 3.90. The molecule has 0 saturated carbocycles. The van der Waals surface area contributed by atoms with Gasteiger partial charge in [-0.1, -0.05) is 6.07 Å². The second kappa shape index (κ2) is 6.55. The molecule has 4 aromatic rings. The zero-order chi connectivity index (χ0) is 18.1. The Balaban J connectivity index is 1.72. The van der Waals surface area contributed by atoms with Gasteiger partial charge in [-0.05, 0) is 44.2 Å². The van der Waals surface area contributed by atoms with Crippen molar-refractivity contribution in [2.45, 2.75) is 20.0 Å². The molecule has 0 amide bonds. The molecule has 0 unspecified atom stereocenters. The summed E-state index contributed by atoms with van der Waals surface area (Å²) in [5.41, 5.74) is 2.68. The average Bonchev–Trinajstić information content (AvgIpc) is 3.05. The largest absolute Gasteiger partial charge is 0.474 e. The lowest BCUT2D eigenvalue weighted by molar-refractivity contribution is 0.232. The number of ether oxygens (including phenoxy) is 1. The lowest BCUT2D eigenvalue weighted by Crippen LogP contribution is -2.07. The van der Waals surface area contributed by atoms with Crippen LogP contribution in [0.15, 0.2) is 61.2 Å². The number of halogens is 1. The van der Waals surface area contributed by atoms with Gasteiger partial charge in [0, 0.05) is 17.1 Å². The van der Waals surface area contributed by atoms with E-state index in [-0.39, 0.29) is 11.9 Å². The van der Waals surface area contributed by atoms with Crippen molar-refractivity contribution >= 4 is 10.9 Å². The van der Waals surface area contributed by atoms with E-state index in [0.29, 0.717) is 11.7 Å². The van der Waals surface area contributed by atoms with E-state index in [2.05, 4.69) is 15.0 Å². The highest BCUT2D eigenvalue weighted by Crippen LogP contribution is 2.26. The molecule has 0 aliphatic heterocycles. The first kappa shape index (κ1) is 16.2. The SMILES string of the molecule is CC(C)Oc1cncc(-c2ccc3c(ccn3-c3ccc(F)cn3)c2)n1. The molecule has 0 bridgehead atoms. The first-order valence-corrected chi connectivity index (χ1v) is 8.32. The molecule has 26 heavy (non-hydrogen) atoms. The molecule has 0 spiro atoms. The summed E-state index contributed by atoms with van der Waals surface area (Å²) in [5.74, 6) is 0.821. The quantitative estimate of drug-likeness (QED) is 0.548. The van der Waals surface area contributed by atoms with E-state index in [1.807, 2.05) is 48.9 Å². The lowest BCUT2D eigenvalue weighted by atomic mass is 10.1.